The Hall–Kier alpha value is -10.2. The van der Waals surface area contributed by atoms with Gasteiger partial charge in [-0.2, -0.15) is 0 Å². The summed E-state index contributed by atoms with van der Waals surface area (Å²) in [4.78, 5) is 92.7. The fraction of sp³-hybridized carbons (Fsp3) is 0.370. The number of nitrogens with zero attached hydrogens (tertiary/aromatic N) is 5. The van der Waals surface area contributed by atoms with Crippen molar-refractivity contribution in [2.24, 2.45) is 34.0 Å². The molecule has 4 amide bonds. The maximum absolute atomic E-state index is 15.2. The van der Waals surface area contributed by atoms with Crippen LogP contribution in [-0.4, -0.2) is 122 Å². The fourth-order valence-electron chi connectivity index (χ4n) is 14.4. The molecule has 1 saturated heterocycles. The lowest BCUT2D eigenvalue weighted by Crippen LogP contribution is -2.41. The second-order valence-corrected chi connectivity index (χ2v) is 28.2. The van der Waals surface area contributed by atoms with Gasteiger partial charge < -0.3 is 33.5 Å². The molecule has 0 unspecified atom stereocenters. The minimum Gasteiger partial charge on any atom is -0.489 e. The number of benzene rings is 6. The zero-order valence-electron chi connectivity index (χ0n) is 59.9. The van der Waals surface area contributed by atoms with E-state index in [0.29, 0.717) is 87.1 Å². The maximum atomic E-state index is 15.2. The third-order valence-electron chi connectivity index (χ3n) is 20.4. The highest BCUT2D eigenvalue weighted by molar-refractivity contribution is 6.32. The van der Waals surface area contributed by atoms with Crippen LogP contribution in [0.1, 0.15) is 103 Å². The van der Waals surface area contributed by atoms with Crippen LogP contribution in [0.15, 0.2) is 152 Å². The summed E-state index contributed by atoms with van der Waals surface area (Å²) in [6.07, 6.45) is 4.17. The van der Waals surface area contributed by atoms with Crippen molar-refractivity contribution in [1.82, 2.24) is 41.2 Å². The second-order valence-electron chi connectivity index (χ2n) is 27.8. The molecule has 3 aromatic heterocycles. The predicted octanol–water partition coefficient (Wildman–Crippen LogP) is 12.3. The number of likely N-dealkylation sites (tertiary alicyclic amines) is 1. The van der Waals surface area contributed by atoms with E-state index < -0.39 is 69.5 Å². The van der Waals surface area contributed by atoms with Gasteiger partial charge in [-0.1, -0.05) is 104 Å². The number of ether oxygens (including phenoxy) is 5. The van der Waals surface area contributed by atoms with Gasteiger partial charge in [-0.05, 0) is 182 Å². The van der Waals surface area contributed by atoms with Gasteiger partial charge in [-0.15, -0.1) is 0 Å². The zero-order chi connectivity index (χ0) is 74.7. The Morgan fingerprint density at radius 1 is 0.562 bits per heavy atom. The number of esters is 2. The SMILES string of the molecule is CCCOC(=O)[C@@]1(Cc2ccc(OCc3cc(C)nc4ccccc34)cc2)C[C@@H]1C(=O)NO.CCOC(=O)[C@@]1(Cc2ccc(OCc3cc(C)nc4ccccc34)c(Cl)c2)C[C@@H]1C(=O)NO.CCc1cc(COc2ccc(C[C@]3(C(=O)N4CC[C@H](N(C)C)C4)C[C@@H]3C(=O)NO)cc2F)c2ccccc2n1. The van der Waals surface area contributed by atoms with Crippen molar-refractivity contribution in [2.75, 3.05) is 40.4 Å². The van der Waals surface area contributed by atoms with Gasteiger partial charge in [-0.3, -0.25) is 59.3 Å². The average Bonchev–Trinajstić information content (AvgIpc) is 1.47. The molecule has 0 radical (unpaired) electrons. The standard InChI is InChI=1S/C30H35FN4O4.C26H28N2O5.C25H25ClN2O5/c1-4-21-14-20(23-7-5-6-8-26(23)32-21)18-39-27-10-9-19(13-25(27)31)15-30(16-24(30)28(36)33-38)29(37)35-12-11-22(17-35)34(2)3;1-3-12-32-25(30)26(15-22(26)24(29)28-31)14-18-8-10-20(11-9-18)33-16-19-13-17(2)27-23-7-5-4-6-21(19)23;1-3-32-24(30)25(13-19(25)23(29)28-31)12-16-8-9-22(20(26)11-16)33-14-17-10-15(2)27-21-7-5-4-6-18(17)21/h5-10,13-14,22,24,38H,4,11-12,15-18H2,1-3H3,(H,33,36);4-11,13,22,31H,3,12,14-16H2,1-2H3,(H,28,29);4-11,19,31H,3,12-14H2,1-2H3,(H,28,29)/t22-,24+,30-;22-,26+;19-,25+/m011/s1. The Morgan fingerprint density at radius 2 is 1.02 bits per heavy atom. The quantitative estimate of drug-likeness (QED) is 0.0167. The molecule has 4 fully saturated rings. The first kappa shape index (κ1) is 76.0. The number of carbonyl (C=O) groups excluding carboxylic acids is 6. The van der Waals surface area contributed by atoms with Crippen molar-refractivity contribution in [3.63, 3.8) is 0 Å². The van der Waals surface area contributed by atoms with Crippen LogP contribution in [-0.2, 0) is 83.7 Å². The number of amides is 4. The molecule has 105 heavy (non-hydrogen) atoms. The van der Waals surface area contributed by atoms with E-state index in [1.54, 1.807) is 52.5 Å². The molecule has 6 N–H and O–H groups in total. The van der Waals surface area contributed by atoms with Crippen molar-refractivity contribution in [3.8, 4) is 17.2 Å². The molecule has 3 aliphatic carbocycles. The van der Waals surface area contributed by atoms with Crippen molar-refractivity contribution >= 4 is 79.9 Å². The molecule has 0 bridgehead atoms. The third-order valence-corrected chi connectivity index (χ3v) is 20.6. The molecule has 1 aliphatic heterocycles. The molecule has 24 heteroatoms. The van der Waals surface area contributed by atoms with Crippen LogP contribution in [0, 0.1) is 53.7 Å². The summed E-state index contributed by atoms with van der Waals surface area (Å²) in [5, 5.41) is 30.7. The predicted molar refractivity (Wildman–Crippen MR) is 390 cm³/mol. The van der Waals surface area contributed by atoms with Crippen molar-refractivity contribution in [1.29, 1.82) is 0 Å². The lowest BCUT2D eigenvalue weighted by Gasteiger charge is -2.25. The average molecular weight is 1450 g/mol. The van der Waals surface area contributed by atoms with Gasteiger partial charge in [0.1, 0.15) is 31.3 Å². The van der Waals surface area contributed by atoms with Crippen LogP contribution in [0.25, 0.3) is 32.7 Å². The smallest absolute Gasteiger partial charge is 0.313 e. The number of nitrogens with one attached hydrogen (secondary N) is 3. The van der Waals surface area contributed by atoms with Gasteiger partial charge in [-0.25, -0.2) is 20.8 Å². The van der Waals surface area contributed by atoms with Gasteiger partial charge in [0, 0.05) is 69.1 Å². The molecule has 4 aliphatic rings. The highest BCUT2D eigenvalue weighted by atomic mass is 35.5. The number of pyridine rings is 3. The first-order valence-electron chi connectivity index (χ1n) is 35.3. The number of para-hydroxylation sites is 3. The van der Waals surface area contributed by atoms with Crippen LogP contribution in [0.5, 0.6) is 17.2 Å². The largest absolute Gasteiger partial charge is 0.489 e. The van der Waals surface area contributed by atoms with Gasteiger partial charge >= 0.3 is 11.9 Å². The summed E-state index contributed by atoms with van der Waals surface area (Å²) in [5.41, 5.74) is 12.9. The van der Waals surface area contributed by atoms with Crippen LogP contribution >= 0.6 is 11.6 Å². The highest BCUT2D eigenvalue weighted by Gasteiger charge is 2.66. The molecule has 550 valence electrons. The Bertz CT molecular complexity index is 4700. The molecule has 13 rings (SSSR count). The maximum Gasteiger partial charge on any atom is 0.313 e. The Kier molecular flexibility index (Phi) is 24.1. The normalized spacial score (nSPS) is 20.4. The first-order chi connectivity index (χ1) is 50.6. The molecule has 3 saturated carbocycles. The first-order valence-corrected chi connectivity index (χ1v) is 35.7. The monoisotopic (exact) mass is 1450 g/mol. The molecule has 0 spiro atoms. The summed E-state index contributed by atoms with van der Waals surface area (Å²) >= 11 is 6.49. The van der Waals surface area contributed by atoms with E-state index in [1.165, 1.54) is 6.07 Å². The van der Waals surface area contributed by atoms with Crippen molar-refractivity contribution < 1.29 is 72.5 Å². The molecule has 7 atom stereocenters. The van der Waals surface area contributed by atoms with E-state index in [1.807, 2.05) is 163 Å². The number of hydroxylamine groups is 3. The van der Waals surface area contributed by atoms with Crippen molar-refractivity contribution in [3.05, 3.63) is 213 Å². The number of aromatic nitrogens is 3. The van der Waals surface area contributed by atoms with E-state index >= 15 is 4.39 Å². The lowest BCUT2D eigenvalue weighted by molar-refractivity contribution is -0.153. The molecular weight excluding hydrogens is 1360 g/mol. The number of aryl methyl sites for hydroxylation is 3. The number of carbonyl (C=O) groups is 6. The van der Waals surface area contributed by atoms with E-state index in [4.69, 9.17) is 45.7 Å². The van der Waals surface area contributed by atoms with Crippen LogP contribution in [0.2, 0.25) is 5.02 Å². The summed E-state index contributed by atoms with van der Waals surface area (Å²) in [7, 11) is 3.97. The molecule has 22 nitrogen and oxygen atoms in total. The minimum atomic E-state index is -0.998. The Labute approximate surface area is 613 Å². The molecule has 4 heterocycles. The Balaban J connectivity index is 0.000000158. The van der Waals surface area contributed by atoms with Gasteiger partial charge in [0.25, 0.3) is 0 Å². The van der Waals surface area contributed by atoms with Crippen LogP contribution in [0.3, 0.4) is 0 Å². The summed E-state index contributed by atoms with van der Waals surface area (Å²) < 4.78 is 43.7. The lowest BCUT2D eigenvalue weighted by atomic mass is 9.91. The number of hydrogen-bond acceptors (Lipinski definition) is 18. The Morgan fingerprint density at radius 3 is 1.52 bits per heavy atom. The van der Waals surface area contributed by atoms with Crippen LogP contribution < -0.4 is 30.7 Å². The third kappa shape index (κ3) is 17.3. The highest BCUT2D eigenvalue weighted by Crippen LogP contribution is 2.58. The second kappa shape index (κ2) is 33.3. The minimum absolute atomic E-state index is 0.113. The van der Waals surface area contributed by atoms with Gasteiger partial charge in [0.15, 0.2) is 11.6 Å². The summed E-state index contributed by atoms with van der Waals surface area (Å²) in [6.45, 7) is 12.2. The number of fused-ring (bicyclic) bond motifs is 3. The fourth-order valence-corrected chi connectivity index (χ4v) is 14.7. The number of rotatable bonds is 26. The van der Waals surface area contributed by atoms with Gasteiger partial charge in [0.2, 0.25) is 23.6 Å². The van der Waals surface area contributed by atoms with Crippen molar-refractivity contribution in [2.45, 2.75) is 118 Å². The molecule has 6 aromatic carbocycles. The number of halogens is 2. The van der Waals surface area contributed by atoms with E-state index in [0.717, 1.165) is 90.4 Å². The number of likely N-dealkylation sites (N-methyl/N-ethyl adjacent to an activating group) is 1. The number of hydrogen-bond donors (Lipinski definition) is 6. The molecule has 9 aromatic rings. The van der Waals surface area contributed by atoms with E-state index in [2.05, 4.69) is 19.9 Å². The van der Waals surface area contributed by atoms with E-state index in [9.17, 15) is 34.0 Å². The summed E-state index contributed by atoms with van der Waals surface area (Å²) in [6, 6.07) is 47.5. The van der Waals surface area contributed by atoms with E-state index in [-0.39, 0.29) is 43.8 Å². The van der Waals surface area contributed by atoms with Crippen LogP contribution in [0.4, 0.5) is 4.39 Å². The topological polar surface area (TPSA) is 290 Å². The summed E-state index contributed by atoms with van der Waals surface area (Å²) in [5.74, 6) is -3.74. The molecular formula is C81H88ClFN8O14. The van der Waals surface area contributed by atoms with Gasteiger partial charge in [0.05, 0.1) is 68.8 Å². The zero-order valence-corrected chi connectivity index (χ0v) is 60.6.